The van der Waals surface area contributed by atoms with Gasteiger partial charge in [-0.15, -0.1) is 0 Å². The number of hydrogen-bond donors (Lipinski definition) is 1. The standard InChI is InChI=1S/C19H34N2O/c1-4-6-13-21(14-7-5-2)15-9-12-20-17-18-10-8-11-19(16-18)22-3/h8,10-11,16,20H,4-7,9,12-15,17H2,1-3H3. The van der Waals surface area contributed by atoms with Crippen molar-refractivity contribution >= 4 is 0 Å². The molecule has 0 heterocycles. The van der Waals surface area contributed by atoms with Crippen LogP contribution < -0.4 is 10.1 Å². The minimum absolute atomic E-state index is 0.918. The maximum absolute atomic E-state index is 5.25. The first-order valence-corrected chi connectivity index (χ1v) is 8.86. The molecule has 0 unspecified atom stereocenters. The molecular weight excluding hydrogens is 272 g/mol. The van der Waals surface area contributed by atoms with E-state index in [1.807, 2.05) is 12.1 Å². The Labute approximate surface area is 137 Å². The Morgan fingerprint density at radius 3 is 2.32 bits per heavy atom. The number of hydrogen-bond acceptors (Lipinski definition) is 3. The fourth-order valence-corrected chi connectivity index (χ4v) is 2.54. The van der Waals surface area contributed by atoms with Crippen LogP contribution in [0.2, 0.25) is 0 Å². The van der Waals surface area contributed by atoms with Crippen molar-refractivity contribution in [1.82, 2.24) is 10.2 Å². The molecule has 3 heteroatoms. The Morgan fingerprint density at radius 1 is 1.00 bits per heavy atom. The van der Waals surface area contributed by atoms with E-state index >= 15 is 0 Å². The predicted molar refractivity (Wildman–Crippen MR) is 95.6 cm³/mol. The Morgan fingerprint density at radius 2 is 1.68 bits per heavy atom. The average molecular weight is 306 g/mol. The van der Waals surface area contributed by atoms with E-state index < -0.39 is 0 Å². The Kier molecular flexibility index (Phi) is 10.8. The average Bonchev–Trinajstić information content (AvgIpc) is 2.56. The number of ether oxygens (including phenoxy) is 1. The van der Waals surface area contributed by atoms with Gasteiger partial charge in [0.05, 0.1) is 7.11 Å². The van der Waals surface area contributed by atoms with Crippen molar-refractivity contribution in [3.63, 3.8) is 0 Å². The fraction of sp³-hybridized carbons (Fsp3) is 0.684. The van der Waals surface area contributed by atoms with E-state index in [2.05, 4.69) is 36.2 Å². The van der Waals surface area contributed by atoms with Gasteiger partial charge in [-0.05, 0) is 63.1 Å². The van der Waals surface area contributed by atoms with E-state index in [4.69, 9.17) is 4.74 Å². The summed E-state index contributed by atoms with van der Waals surface area (Å²) in [6.07, 6.45) is 6.44. The molecule has 126 valence electrons. The predicted octanol–water partition coefficient (Wildman–Crippen LogP) is 4.08. The van der Waals surface area contributed by atoms with Crippen molar-refractivity contribution < 1.29 is 4.74 Å². The molecular formula is C19H34N2O. The van der Waals surface area contributed by atoms with Gasteiger partial charge in [-0.2, -0.15) is 0 Å². The Balaban J connectivity index is 2.18. The third-order valence-corrected chi connectivity index (χ3v) is 3.95. The first kappa shape index (κ1) is 19.0. The number of nitrogens with one attached hydrogen (secondary N) is 1. The Hall–Kier alpha value is -1.06. The monoisotopic (exact) mass is 306 g/mol. The SMILES string of the molecule is CCCCN(CCCC)CCCNCc1cccc(OC)c1. The summed E-state index contributed by atoms with van der Waals surface area (Å²) >= 11 is 0. The molecule has 1 aromatic carbocycles. The van der Waals surface area contributed by atoms with Gasteiger partial charge in [0.15, 0.2) is 0 Å². The van der Waals surface area contributed by atoms with Gasteiger partial charge >= 0.3 is 0 Å². The zero-order valence-electron chi connectivity index (χ0n) is 14.7. The smallest absolute Gasteiger partial charge is 0.119 e. The van der Waals surface area contributed by atoms with E-state index in [0.29, 0.717) is 0 Å². The lowest BCUT2D eigenvalue weighted by Crippen LogP contribution is -2.29. The molecule has 0 bridgehead atoms. The molecule has 0 aliphatic rings. The van der Waals surface area contributed by atoms with E-state index in [-0.39, 0.29) is 0 Å². The minimum Gasteiger partial charge on any atom is -0.497 e. The van der Waals surface area contributed by atoms with Gasteiger partial charge in [-0.1, -0.05) is 38.8 Å². The van der Waals surface area contributed by atoms with Crippen molar-refractivity contribution in [2.45, 2.75) is 52.5 Å². The highest BCUT2D eigenvalue weighted by Gasteiger charge is 2.03. The summed E-state index contributed by atoms with van der Waals surface area (Å²) in [4.78, 5) is 2.63. The van der Waals surface area contributed by atoms with Crippen LogP contribution >= 0.6 is 0 Å². The van der Waals surface area contributed by atoms with Gasteiger partial charge in [0.2, 0.25) is 0 Å². The maximum Gasteiger partial charge on any atom is 0.119 e. The van der Waals surface area contributed by atoms with Gasteiger partial charge in [0.1, 0.15) is 5.75 Å². The molecule has 3 nitrogen and oxygen atoms in total. The topological polar surface area (TPSA) is 24.5 Å². The van der Waals surface area contributed by atoms with Crippen LogP contribution in [-0.2, 0) is 6.54 Å². The number of rotatable bonds is 13. The van der Waals surface area contributed by atoms with Crippen LogP contribution in [0.15, 0.2) is 24.3 Å². The molecule has 0 amide bonds. The van der Waals surface area contributed by atoms with Crippen molar-refractivity contribution in [2.24, 2.45) is 0 Å². The van der Waals surface area contributed by atoms with E-state index in [9.17, 15) is 0 Å². The van der Waals surface area contributed by atoms with Crippen molar-refractivity contribution in [1.29, 1.82) is 0 Å². The van der Waals surface area contributed by atoms with Gasteiger partial charge in [0.25, 0.3) is 0 Å². The van der Waals surface area contributed by atoms with Crippen molar-refractivity contribution in [2.75, 3.05) is 33.3 Å². The lowest BCUT2D eigenvalue weighted by Gasteiger charge is -2.22. The van der Waals surface area contributed by atoms with Crippen LogP contribution in [0.25, 0.3) is 0 Å². The molecule has 0 aliphatic carbocycles. The number of unbranched alkanes of at least 4 members (excludes halogenated alkanes) is 2. The van der Waals surface area contributed by atoms with Crippen LogP contribution in [0.5, 0.6) is 5.75 Å². The molecule has 1 N–H and O–H groups in total. The molecule has 0 atom stereocenters. The quantitative estimate of drug-likeness (QED) is 0.556. The second-order valence-corrected chi connectivity index (χ2v) is 5.93. The fourth-order valence-electron chi connectivity index (χ4n) is 2.54. The summed E-state index contributed by atoms with van der Waals surface area (Å²) < 4.78 is 5.25. The van der Waals surface area contributed by atoms with Gasteiger partial charge in [0, 0.05) is 6.54 Å². The minimum atomic E-state index is 0.918. The second-order valence-electron chi connectivity index (χ2n) is 5.93. The summed E-state index contributed by atoms with van der Waals surface area (Å²) in [7, 11) is 1.72. The van der Waals surface area contributed by atoms with Crippen LogP contribution in [0.4, 0.5) is 0 Å². The van der Waals surface area contributed by atoms with E-state index in [0.717, 1.165) is 18.8 Å². The number of nitrogens with zero attached hydrogens (tertiary/aromatic N) is 1. The van der Waals surface area contributed by atoms with Crippen LogP contribution in [-0.4, -0.2) is 38.2 Å². The maximum atomic E-state index is 5.25. The van der Waals surface area contributed by atoms with Crippen LogP contribution in [0.1, 0.15) is 51.5 Å². The van der Waals surface area contributed by atoms with Crippen LogP contribution in [0, 0.1) is 0 Å². The molecule has 1 aromatic rings. The molecule has 0 aliphatic heterocycles. The zero-order chi connectivity index (χ0) is 16.0. The van der Waals surface area contributed by atoms with E-state index in [1.54, 1.807) is 7.11 Å². The summed E-state index contributed by atoms with van der Waals surface area (Å²) in [5.74, 6) is 0.935. The highest BCUT2D eigenvalue weighted by atomic mass is 16.5. The lowest BCUT2D eigenvalue weighted by atomic mass is 10.2. The van der Waals surface area contributed by atoms with Crippen LogP contribution in [0.3, 0.4) is 0 Å². The number of methoxy groups -OCH3 is 1. The highest BCUT2D eigenvalue weighted by molar-refractivity contribution is 5.28. The zero-order valence-corrected chi connectivity index (χ0v) is 14.7. The summed E-state index contributed by atoms with van der Waals surface area (Å²) in [6, 6.07) is 8.28. The van der Waals surface area contributed by atoms with Gasteiger partial charge in [-0.25, -0.2) is 0 Å². The first-order valence-electron chi connectivity index (χ1n) is 8.86. The molecule has 22 heavy (non-hydrogen) atoms. The Bertz CT molecular complexity index is 373. The highest BCUT2D eigenvalue weighted by Crippen LogP contribution is 2.12. The second kappa shape index (κ2) is 12.5. The molecule has 0 aromatic heterocycles. The van der Waals surface area contributed by atoms with Crippen molar-refractivity contribution in [3.8, 4) is 5.75 Å². The van der Waals surface area contributed by atoms with E-state index in [1.165, 1.54) is 57.3 Å². The third kappa shape index (κ3) is 8.40. The molecule has 0 radical (unpaired) electrons. The normalized spacial score (nSPS) is 11.1. The third-order valence-electron chi connectivity index (χ3n) is 3.95. The summed E-state index contributed by atoms with van der Waals surface area (Å²) in [5.41, 5.74) is 1.29. The largest absolute Gasteiger partial charge is 0.497 e. The first-order chi connectivity index (χ1) is 10.8. The molecule has 0 fully saturated rings. The molecule has 0 saturated heterocycles. The number of benzene rings is 1. The van der Waals surface area contributed by atoms with Gasteiger partial charge in [-0.3, -0.25) is 0 Å². The summed E-state index contributed by atoms with van der Waals surface area (Å²) in [5, 5.41) is 3.54. The summed E-state index contributed by atoms with van der Waals surface area (Å²) in [6.45, 7) is 10.3. The van der Waals surface area contributed by atoms with Gasteiger partial charge < -0.3 is 15.0 Å². The van der Waals surface area contributed by atoms with Crippen molar-refractivity contribution in [3.05, 3.63) is 29.8 Å². The lowest BCUT2D eigenvalue weighted by molar-refractivity contribution is 0.261. The molecule has 0 saturated carbocycles. The molecule has 0 spiro atoms. The molecule has 1 rings (SSSR count).